The third kappa shape index (κ3) is 3.34. The molecule has 0 radical (unpaired) electrons. The van der Waals surface area contributed by atoms with E-state index in [0.29, 0.717) is 0 Å². The van der Waals surface area contributed by atoms with Crippen molar-refractivity contribution in [3.8, 4) is 0 Å². The van der Waals surface area contributed by atoms with Gasteiger partial charge in [0.15, 0.2) is 0 Å². The van der Waals surface area contributed by atoms with E-state index >= 15 is 0 Å². The SMILES string of the molecule is CC(C)(C)c1cc(I)c(I)c(C(C)(C)C)c1. The van der Waals surface area contributed by atoms with Crippen LogP contribution in [0.3, 0.4) is 0 Å². The van der Waals surface area contributed by atoms with E-state index in [1.165, 1.54) is 18.3 Å². The zero-order valence-corrected chi connectivity index (χ0v) is 15.2. The van der Waals surface area contributed by atoms with Gasteiger partial charge in [0.05, 0.1) is 0 Å². The van der Waals surface area contributed by atoms with Crippen molar-refractivity contribution in [1.82, 2.24) is 0 Å². The summed E-state index contributed by atoms with van der Waals surface area (Å²) in [5.74, 6) is 0. The smallest absolute Gasteiger partial charge is 0.0301 e. The molecule has 0 unspecified atom stereocenters. The van der Waals surface area contributed by atoms with Crippen molar-refractivity contribution in [2.45, 2.75) is 52.4 Å². The highest BCUT2D eigenvalue weighted by Gasteiger charge is 2.23. The van der Waals surface area contributed by atoms with E-state index < -0.39 is 0 Å². The highest BCUT2D eigenvalue weighted by atomic mass is 127. The zero-order chi connectivity index (χ0) is 12.7. The number of halogens is 2. The molecule has 0 amide bonds. The largest absolute Gasteiger partial charge is 0.0561 e. The quantitative estimate of drug-likeness (QED) is 0.467. The molecule has 90 valence electrons. The van der Waals surface area contributed by atoms with Crippen LogP contribution in [0.4, 0.5) is 0 Å². The summed E-state index contributed by atoms with van der Waals surface area (Å²) in [5, 5.41) is 0. The van der Waals surface area contributed by atoms with Gasteiger partial charge in [-0.15, -0.1) is 0 Å². The fraction of sp³-hybridized carbons (Fsp3) is 0.571. The monoisotopic (exact) mass is 442 g/mol. The van der Waals surface area contributed by atoms with Gasteiger partial charge >= 0.3 is 0 Å². The predicted octanol–water partition coefficient (Wildman–Crippen LogP) is 5.49. The summed E-state index contributed by atoms with van der Waals surface area (Å²) < 4.78 is 2.77. The first-order valence-corrected chi connectivity index (χ1v) is 7.69. The van der Waals surface area contributed by atoms with Gasteiger partial charge in [0.1, 0.15) is 0 Å². The highest BCUT2D eigenvalue weighted by molar-refractivity contribution is 14.1. The molecule has 0 saturated carbocycles. The van der Waals surface area contributed by atoms with Gasteiger partial charge in [-0.2, -0.15) is 0 Å². The lowest BCUT2D eigenvalue weighted by atomic mass is 9.81. The number of rotatable bonds is 0. The second kappa shape index (κ2) is 4.75. The van der Waals surface area contributed by atoms with Crippen LogP contribution in [0, 0.1) is 7.14 Å². The molecule has 1 aromatic rings. The van der Waals surface area contributed by atoms with Gasteiger partial charge in [-0.1, -0.05) is 47.6 Å². The summed E-state index contributed by atoms with van der Waals surface area (Å²) in [4.78, 5) is 0. The van der Waals surface area contributed by atoms with Gasteiger partial charge < -0.3 is 0 Å². The number of benzene rings is 1. The van der Waals surface area contributed by atoms with Crippen molar-refractivity contribution in [3.63, 3.8) is 0 Å². The van der Waals surface area contributed by atoms with Gasteiger partial charge in [0, 0.05) is 7.14 Å². The Hall–Kier alpha value is 0.680. The maximum atomic E-state index is 2.47. The lowest BCUT2D eigenvalue weighted by molar-refractivity contribution is 0.565. The van der Waals surface area contributed by atoms with E-state index in [-0.39, 0.29) is 10.8 Å². The minimum atomic E-state index is 0.220. The van der Waals surface area contributed by atoms with E-state index in [0.717, 1.165) is 0 Å². The van der Waals surface area contributed by atoms with Crippen molar-refractivity contribution in [1.29, 1.82) is 0 Å². The minimum Gasteiger partial charge on any atom is -0.0561 e. The average molecular weight is 442 g/mol. The van der Waals surface area contributed by atoms with Crippen molar-refractivity contribution >= 4 is 45.2 Å². The molecule has 0 aliphatic rings. The third-order valence-electron chi connectivity index (χ3n) is 2.70. The summed E-state index contributed by atoms with van der Waals surface area (Å²) in [5.41, 5.74) is 3.34. The Bertz CT molecular complexity index is 392. The Morgan fingerprint density at radius 2 is 1.31 bits per heavy atom. The zero-order valence-electron chi connectivity index (χ0n) is 10.9. The summed E-state index contributed by atoms with van der Waals surface area (Å²) >= 11 is 4.92. The maximum Gasteiger partial charge on any atom is 0.0301 e. The number of hydrogen-bond donors (Lipinski definition) is 0. The van der Waals surface area contributed by atoms with Crippen molar-refractivity contribution in [3.05, 3.63) is 30.4 Å². The van der Waals surface area contributed by atoms with Crippen LogP contribution in [-0.4, -0.2) is 0 Å². The van der Waals surface area contributed by atoms with Crippen molar-refractivity contribution in [2.24, 2.45) is 0 Å². The summed E-state index contributed by atoms with van der Waals surface area (Å²) in [6.45, 7) is 13.7. The van der Waals surface area contributed by atoms with Crippen LogP contribution in [0.25, 0.3) is 0 Å². The molecule has 0 saturated heterocycles. The topological polar surface area (TPSA) is 0 Å². The molecule has 1 aromatic carbocycles. The Labute approximate surface area is 127 Å². The molecule has 0 bridgehead atoms. The van der Waals surface area contributed by atoms with Gasteiger partial charge in [0.25, 0.3) is 0 Å². The molecule has 0 nitrogen and oxygen atoms in total. The Morgan fingerprint density at radius 3 is 1.69 bits per heavy atom. The summed E-state index contributed by atoms with van der Waals surface area (Å²) in [6.07, 6.45) is 0. The third-order valence-corrected chi connectivity index (χ3v) is 5.75. The lowest BCUT2D eigenvalue weighted by Crippen LogP contribution is -2.18. The van der Waals surface area contributed by atoms with E-state index in [1.807, 2.05) is 0 Å². The summed E-state index contributed by atoms with van der Waals surface area (Å²) in [6, 6.07) is 4.70. The van der Waals surface area contributed by atoms with Crippen LogP contribution in [0.2, 0.25) is 0 Å². The van der Waals surface area contributed by atoms with Gasteiger partial charge in [-0.25, -0.2) is 0 Å². The average Bonchev–Trinajstić information content (AvgIpc) is 2.05. The first-order valence-electron chi connectivity index (χ1n) is 5.53. The van der Waals surface area contributed by atoms with E-state index in [1.54, 1.807) is 0 Å². The van der Waals surface area contributed by atoms with Crippen LogP contribution in [0.15, 0.2) is 12.1 Å². The van der Waals surface area contributed by atoms with Gasteiger partial charge in [0.2, 0.25) is 0 Å². The number of hydrogen-bond acceptors (Lipinski definition) is 0. The molecular formula is C14H20I2. The van der Waals surface area contributed by atoms with E-state index in [9.17, 15) is 0 Å². The van der Waals surface area contributed by atoms with Crippen LogP contribution in [0.5, 0.6) is 0 Å². The van der Waals surface area contributed by atoms with E-state index in [2.05, 4.69) is 98.9 Å². The molecule has 0 aromatic heterocycles. The fourth-order valence-electron chi connectivity index (χ4n) is 1.57. The lowest BCUT2D eigenvalue weighted by Gasteiger charge is -2.27. The first-order chi connectivity index (χ1) is 7.03. The standard InChI is InChI=1S/C14H20I2/c1-13(2,3)9-7-10(14(4,5)6)12(16)11(15)8-9/h7-8H,1-6H3. The molecular weight excluding hydrogens is 422 g/mol. The Morgan fingerprint density at radius 1 is 0.812 bits per heavy atom. The molecule has 1 rings (SSSR count). The minimum absolute atomic E-state index is 0.220. The molecule has 0 heterocycles. The van der Waals surface area contributed by atoms with Crippen molar-refractivity contribution < 1.29 is 0 Å². The highest BCUT2D eigenvalue weighted by Crippen LogP contribution is 2.34. The van der Waals surface area contributed by atoms with Crippen LogP contribution in [0.1, 0.15) is 52.7 Å². The molecule has 0 aliphatic carbocycles. The second-order valence-corrected chi connectivity index (χ2v) is 8.56. The molecule has 0 N–H and O–H groups in total. The molecule has 2 heteroatoms. The van der Waals surface area contributed by atoms with Crippen molar-refractivity contribution in [2.75, 3.05) is 0 Å². The second-order valence-electron chi connectivity index (χ2n) is 6.32. The van der Waals surface area contributed by atoms with Crippen LogP contribution < -0.4 is 0 Å². The fourth-order valence-corrected chi connectivity index (χ4v) is 3.31. The molecule has 16 heavy (non-hydrogen) atoms. The Kier molecular flexibility index (Phi) is 4.37. The first kappa shape index (κ1) is 14.7. The van der Waals surface area contributed by atoms with Gasteiger partial charge in [-0.05, 0) is 73.2 Å². The molecule has 0 spiro atoms. The maximum absolute atomic E-state index is 2.47. The van der Waals surface area contributed by atoms with Gasteiger partial charge in [-0.3, -0.25) is 0 Å². The normalized spacial score (nSPS) is 13.0. The summed E-state index contributed by atoms with van der Waals surface area (Å²) in [7, 11) is 0. The van der Waals surface area contributed by atoms with E-state index in [4.69, 9.17) is 0 Å². The molecule has 0 fully saturated rings. The predicted molar refractivity (Wildman–Crippen MR) is 89.3 cm³/mol. The molecule has 0 atom stereocenters. The van der Waals surface area contributed by atoms with Crippen LogP contribution >= 0.6 is 45.2 Å². The Balaban J connectivity index is 3.46. The molecule has 0 aliphatic heterocycles. The van der Waals surface area contributed by atoms with Crippen LogP contribution in [-0.2, 0) is 10.8 Å².